The number of aromatic nitrogens is 3. The van der Waals surface area contributed by atoms with E-state index in [0.717, 1.165) is 11.1 Å². The molecule has 0 saturated carbocycles. The van der Waals surface area contributed by atoms with E-state index in [1.54, 1.807) is 37.6 Å². The molecule has 0 radical (unpaired) electrons. The topological polar surface area (TPSA) is 89.3 Å². The van der Waals surface area contributed by atoms with Gasteiger partial charge in [0.25, 0.3) is 0 Å². The summed E-state index contributed by atoms with van der Waals surface area (Å²) in [5.41, 5.74) is 3.48. The number of imidazole rings is 1. The number of nitrogens with zero attached hydrogens (tertiary/aromatic N) is 3. The molecule has 1 atom stereocenters. The molecule has 136 valence electrons. The van der Waals surface area contributed by atoms with Crippen molar-refractivity contribution in [2.24, 2.45) is 0 Å². The Labute approximate surface area is 154 Å². The molecule has 0 bridgehead atoms. The number of para-hydroxylation sites is 2. The smallest absolute Gasteiger partial charge is 0.423 e. The van der Waals surface area contributed by atoms with Crippen LogP contribution in [0.2, 0.25) is 0 Å². The highest BCUT2D eigenvalue weighted by molar-refractivity contribution is 7.90. The van der Waals surface area contributed by atoms with E-state index in [1.165, 1.54) is 11.7 Å². The van der Waals surface area contributed by atoms with E-state index in [9.17, 15) is 9.35 Å². The normalized spacial score (nSPS) is 12.2. The summed E-state index contributed by atoms with van der Waals surface area (Å²) in [5.74, 6) is 0.830. The Morgan fingerprint density at radius 3 is 2.69 bits per heavy atom. The van der Waals surface area contributed by atoms with Gasteiger partial charge in [0.2, 0.25) is 0 Å². The maximum atomic E-state index is 13.0. The molecular formula is C18H19N3O4S. The van der Waals surface area contributed by atoms with Gasteiger partial charge < -0.3 is 14.0 Å². The number of carbonyl (C=O) groups excluding carboxylic acids is 1. The third kappa shape index (κ3) is 3.13. The SMILES string of the molecule is COC(=O)n1c([S@@+]([O-])Cc2ncc(C)c(OC)c2C)nc2ccccc21. The number of hydrogen-bond acceptors (Lipinski definition) is 6. The molecule has 26 heavy (non-hydrogen) atoms. The lowest BCUT2D eigenvalue weighted by atomic mass is 10.1. The van der Waals surface area contributed by atoms with Crippen molar-refractivity contribution in [1.82, 2.24) is 14.5 Å². The number of pyridine rings is 1. The van der Waals surface area contributed by atoms with Gasteiger partial charge in [-0.15, -0.1) is 0 Å². The lowest BCUT2D eigenvalue weighted by Crippen LogP contribution is -2.20. The highest BCUT2D eigenvalue weighted by Gasteiger charge is 2.28. The second kappa shape index (κ2) is 7.35. The summed E-state index contributed by atoms with van der Waals surface area (Å²) in [5, 5.41) is 0.138. The first kappa shape index (κ1) is 18.2. The molecule has 1 aromatic carbocycles. The van der Waals surface area contributed by atoms with Gasteiger partial charge in [0.15, 0.2) is 5.75 Å². The fourth-order valence-electron chi connectivity index (χ4n) is 2.83. The molecule has 0 amide bonds. The summed E-state index contributed by atoms with van der Waals surface area (Å²) in [6, 6.07) is 7.08. The zero-order chi connectivity index (χ0) is 18.8. The van der Waals surface area contributed by atoms with Crippen molar-refractivity contribution in [1.29, 1.82) is 0 Å². The average Bonchev–Trinajstić information content (AvgIpc) is 3.03. The van der Waals surface area contributed by atoms with Gasteiger partial charge in [0.1, 0.15) is 5.75 Å². The van der Waals surface area contributed by atoms with Crippen molar-refractivity contribution < 1.29 is 18.8 Å². The van der Waals surface area contributed by atoms with E-state index >= 15 is 0 Å². The highest BCUT2D eigenvalue weighted by Crippen LogP contribution is 2.27. The summed E-state index contributed by atoms with van der Waals surface area (Å²) in [6.07, 6.45) is 1.05. The van der Waals surface area contributed by atoms with Gasteiger partial charge in [-0.2, -0.15) is 9.55 Å². The van der Waals surface area contributed by atoms with Crippen LogP contribution >= 0.6 is 0 Å². The van der Waals surface area contributed by atoms with Crippen molar-refractivity contribution in [3.8, 4) is 5.75 Å². The van der Waals surface area contributed by atoms with Crippen LogP contribution in [0.1, 0.15) is 16.8 Å². The maximum absolute atomic E-state index is 13.0. The summed E-state index contributed by atoms with van der Waals surface area (Å²) in [4.78, 5) is 21.0. The van der Waals surface area contributed by atoms with E-state index in [4.69, 9.17) is 9.47 Å². The van der Waals surface area contributed by atoms with Gasteiger partial charge in [-0.25, -0.2) is 4.79 Å². The standard InChI is InChI=1S/C18H19N3O4S/c1-11-9-19-14(12(2)16(11)24-3)10-26(23)17-20-13-7-5-6-8-15(13)21(17)18(22)25-4/h5-9H,10H2,1-4H3/t26-/m0/s1. The summed E-state index contributed by atoms with van der Waals surface area (Å²) < 4.78 is 24.5. The number of fused-ring (bicyclic) bond motifs is 1. The molecule has 0 aliphatic rings. The van der Waals surface area contributed by atoms with Crippen LogP contribution in [0.15, 0.2) is 35.6 Å². The summed E-state index contributed by atoms with van der Waals surface area (Å²) in [6.45, 7) is 3.77. The Morgan fingerprint density at radius 2 is 2.00 bits per heavy atom. The number of hydrogen-bond donors (Lipinski definition) is 0. The molecule has 0 fully saturated rings. The number of aryl methyl sites for hydroxylation is 1. The Hall–Kier alpha value is -2.58. The minimum atomic E-state index is -1.59. The third-order valence-electron chi connectivity index (χ3n) is 4.11. The number of carbonyl (C=O) groups is 1. The zero-order valence-electron chi connectivity index (χ0n) is 15.0. The molecule has 7 nitrogen and oxygen atoms in total. The second-order valence-electron chi connectivity index (χ2n) is 5.72. The fourth-order valence-corrected chi connectivity index (χ4v) is 4.07. The molecule has 2 aromatic heterocycles. The molecule has 0 N–H and O–H groups in total. The van der Waals surface area contributed by atoms with Gasteiger partial charge in [0, 0.05) is 28.5 Å². The first-order valence-corrected chi connectivity index (χ1v) is 9.23. The van der Waals surface area contributed by atoms with Crippen molar-refractivity contribution in [2.45, 2.75) is 24.8 Å². The first-order chi connectivity index (χ1) is 12.5. The minimum absolute atomic E-state index is 0.114. The van der Waals surface area contributed by atoms with Gasteiger partial charge in [-0.3, -0.25) is 4.98 Å². The molecule has 3 aromatic rings. The first-order valence-electron chi connectivity index (χ1n) is 7.91. The number of benzene rings is 1. The Morgan fingerprint density at radius 1 is 1.27 bits per heavy atom. The van der Waals surface area contributed by atoms with E-state index in [2.05, 4.69) is 9.97 Å². The van der Waals surface area contributed by atoms with Crippen LogP contribution in [0.25, 0.3) is 11.0 Å². The second-order valence-corrected chi connectivity index (χ2v) is 7.07. The maximum Gasteiger partial charge on any atom is 0.423 e. The van der Waals surface area contributed by atoms with E-state index in [0.29, 0.717) is 22.5 Å². The van der Waals surface area contributed by atoms with E-state index in [-0.39, 0.29) is 10.9 Å². The number of rotatable bonds is 4. The third-order valence-corrected chi connectivity index (χ3v) is 5.33. The van der Waals surface area contributed by atoms with Crippen molar-refractivity contribution in [2.75, 3.05) is 14.2 Å². The Kier molecular flexibility index (Phi) is 5.15. The quantitative estimate of drug-likeness (QED) is 0.653. The van der Waals surface area contributed by atoms with Crippen molar-refractivity contribution in [3.05, 3.63) is 47.3 Å². The van der Waals surface area contributed by atoms with Crippen molar-refractivity contribution >= 4 is 28.3 Å². The molecular weight excluding hydrogens is 354 g/mol. The summed E-state index contributed by atoms with van der Waals surface area (Å²) in [7, 11) is 2.87. The van der Waals surface area contributed by atoms with E-state index < -0.39 is 17.3 Å². The monoisotopic (exact) mass is 373 g/mol. The fraction of sp³-hybridized carbons (Fsp3) is 0.278. The number of ether oxygens (including phenoxy) is 2. The van der Waals surface area contributed by atoms with E-state index in [1.807, 2.05) is 13.8 Å². The highest BCUT2D eigenvalue weighted by atomic mass is 32.2. The predicted octanol–water partition coefficient (Wildman–Crippen LogP) is 2.98. The molecule has 0 unspecified atom stereocenters. The summed E-state index contributed by atoms with van der Waals surface area (Å²) >= 11 is -1.59. The van der Waals surface area contributed by atoms with Crippen LogP contribution in [0, 0.1) is 13.8 Å². The molecule has 8 heteroatoms. The predicted molar refractivity (Wildman–Crippen MR) is 97.9 cm³/mol. The molecule has 0 spiro atoms. The molecule has 0 aliphatic heterocycles. The molecule has 0 saturated heterocycles. The average molecular weight is 373 g/mol. The van der Waals surface area contributed by atoms with Crippen LogP contribution in [-0.4, -0.2) is 39.4 Å². The van der Waals surface area contributed by atoms with Crippen LogP contribution in [0.5, 0.6) is 5.75 Å². The van der Waals surface area contributed by atoms with Crippen LogP contribution < -0.4 is 4.74 Å². The lowest BCUT2D eigenvalue weighted by Gasteiger charge is -2.14. The van der Waals surface area contributed by atoms with Gasteiger partial charge in [-0.05, 0) is 26.0 Å². The number of methoxy groups -OCH3 is 2. The zero-order valence-corrected chi connectivity index (χ0v) is 15.8. The van der Waals surface area contributed by atoms with Crippen LogP contribution in [0.3, 0.4) is 0 Å². The van der Waals surface area contributed by atoms with Crippen LogP contribution in [-0.2, 0) is 21.7 Å². The van der Waals surface area contributed by atoms with Gasteiger partial charge in [0.05, 0.1) is 30.9 Å². The van der Waals surface area contributed by atoms with Crippen LogP contribution in [0.4, 0.5) is 4.79 Å². The molecule has 0 aliphatic carbocycles. The Bertz CT molecular complexity index is 970. The van der Waals surface area contributed by atoms with Gasteiger partial charge >= 0.3 is 11.2 Å². The molecule has 2 heterocycles. The molecule has 3 rings (SSSR count). The van der Waals surface area contributed by atoms with Crippen molar-refractivity contribution in [3.63, 3.8) is 0 Å². The minimum Gasteiger partial charge on any atom is -0.609 e. The largest absolute Gasteiger partial charge is 0.609 e. The lowest BCUT2D eigenvalue weighted by molar-refractivity contribution is 0.171. The van der Waals surface area contributed by atoms with Gasteiger partial charge in [-0.1, -0.05) is 12.1 Å². The Balaban J connectivity index is 2.03.